The van der Waals surface area contributed by atoms with Crippen LogP contribution >= 0.6 is 0 Å². The van der Waals surface area contributed by atoms with Gasteiger partial charge >= 0.3 is 37.7 Å². The van der Waals surface area contributed by atoms with E-state index in [0.717, 1.165) is 0 Å². The molecule has 3 N–H and O–H groups in total. The molecule has 32 valence electrons. The smallest absolute Gasteiger partial charge is 0.652 e. The fourth-order valence-electron chi connectivity index (χ4n) is 0. The van der Waals surface area contributed by atoms with Crippen molar-refractivity contribution in [2.24, 2.45) is 0 Å². The van der Waals surface area contributed by atoms with Crippen LogP contribution in [-0.4, -0.2) is 6.16 Å². The van der Waals surface area contributed by atoms with Crippen LogP contribution in [0.1, 0.15) is 0 Å². The van der Waals surface area contributed by atoms with Crippen LogP contribution in [0.5, 0.6) is 0 Å². The quantitative estimate of drug-likeness (QED) is 0.299. The van der Waals surface area contributed by atoms with Crippen molar-refractivity contribution in [1.29, 1.82) is 0 Å². The van der Waals surface area contributed by atoms with Crippen molar-refractivity contribution >= 4 is 6.16 Å². The van der Waals surface area contributed by atoms with Gasteiger partial charge in [0.25, 0.3) is 0 Å². The maximum Gasteiger partial charge on any atom is 1.00 e. The molecule has 0 aromatic rings. The number of hydrogen-bond acceptors (Lipinski definition) is 4. The molecule has 6 heteroatoms. The van der Waals surface area contributed by atoms with Crippen LogP contribution in [0, 0.1) is 0 Å². The Kier molecular flexibility index (Phi) is 60.2. The van der Waals surface area contributed by atoms with E-state index in [-0.39, 0.29) is 43.9 Å². The summed E-state index contributed by atoms with van der Waals surface area (Å²) in [4.78, 5) is 8.33. The van der Waals surface area contributed by atoms with Crippen molar-refractivity contribution in [3.8, 4) is 0 Å². The molecular formula is CH3Li2NO3. The van der Waals surface area contributed by atoms with Gasteiger partial charge in [0.1, 0.15) is 0 Å². The van der Waals surface area contributed by atoms with Gasteiger partial charge in [-0.2, -0.15) is 0 Å². The first kappa shape index (κ1) is 26.1. The standard InChI is InChI=1S/CH2O3.2Li.H3N/c2-1(3)4;;;/h(H2,2,3,4);;;1H3/q;2*+1;/p-2. The predicted molar refractivity (Wildman–Crippen MR) is 10.4 cm³/mol. The van der Waals surface area contributed by atoms with Crippen LogP contribution in [0.15, 0.2) is 0 Å². The largest absolute Gasteiger partial charge is 1.00 e. The summed E-state index contributed by atoms with van der Waals surface area (Å²) in [6, 6.07) is 0. The molecule has 0 unspecified atom stereocenters. The number of hydrogen-bond donors (Lipinski definition) is 1. The molecule has 0 radical (unpaired) electrons. The summed E-state index contributed by atoms with van der Waals surface area (Å²) in [7, 11) is 0. The van der Waals surface area contributed by atoms with E-state index in [2.05, 4.69) is 0 Å². The number of carbonyl (C=O) groups excluding carboxylic acids is 1. The summed E-state index contributed by atoms with van der Waals surface area (Å²) in [6.45, 7) is 0. The Morgan fingerprint density at radius 3 is 1.14 bits per heavy atom. The van der Waals surface area contributed by atoms with Crippen molar-refractivity contribution in [2.75, 3.05) is 0 Å². The molecule has 0 aliphatic carbocycles. The van der Waals surface area contributed by atoms with Gasteiger partial charge in [0.15, 0.2) is 0 Å². The van der Waals surface area contributed by atoms with E-state index in [4.69, 9.17) is 15.0 Å². The van der Waals surface area contributed by atoms with Gasteiger partial charge in [-0.25, -0.2) is 0 Å². The van der Waals surface area contributed by atoms with Gasteiger partial charge in [0.05, 0.1) is 0 Å². The zero-order valence-electron chi connectivity index (χ0n) is 4.43. The molecule has 0 saturated heterocycles. The van der Waals surface area contributed by atoms with Crippen molar-refractivity contribution in [1.82, 2.24) is 6.15 Å². The predicted octanol–water partition coefficient (Wildman–Crippen LogP) is -8.28. The molecule has 0 aliphatic rings. The Labute approximate surface area is 65.2 Å². The van der Waals surface area contributed by atoms with Gasteiger partial charge in [0.2, 0.25) is 0 Å². The molecule has 0 fully saturated rings. The normalized spacial score (nSPS) is 3.43. The van der Waals surface area contributed by atoms with Gasteiger partial charge in [0, 0.05) is 0 Å². The third kappa shape index (κ3) is 697. The Hall–Kier alpha value is 0.425. The number of rotatable bonds is 0. The van der Waals surface area contributed by atoms with E-state index in [1.807, 2.05) is 0 Å². The Morgan fingerprint density at radius 2 is 1.14 bits per heavy atom. The van der Waals surface area contributed by atoms with Gasteiger partial charge in [-0.05, 0) is 6.16 Å². The first-order valence-electron chi connectivity index (χ1n) is 0.612. The van der Waals surface area contributed by atoms with Gasteiger partial charge in [-0.3, -0.25) is 0 Å². The minimum absolute atomic E-state index is 0. The maximum atomic E-state index is 8.33. The van der Waals surface area contributed by atoms with Crippen molar-refractivity contribution in [3.05, 3.63) is 0 Å². The second-order valence-corrected chi connectivity index (χ2v) is 0.250. The summed E-state index contributed by atoms with van der Waals surface area (Å²) in [5, 5.41) is 16.7. The first-order chi connectivity index (χ1) is 1.73. The molecule has 0 amide bonds. The number of carboxylic acid groups (broad SMARTS) is 2. The molecule has 0 rings (SSSR count). The van der Waals surface area contributed by atoms with E-state index in [9.17, 15) is 0 Å². The van der Waals surface area contributed by atoms with E-state index >= 15 is 0 Å². The number of carbonyl (C=O) groups is 1. The summed E-state index contributed by atoms with van der Waals surface area (Å²) >= 11 is 0. The molecule has 7 heavy (non-hydrogen) atoms. The third-order valence-electron chi connectivity index (χ3n) is 0. The van der Waals surface area contributed by atoms with E-state index in [1.165, 1.54) is 0 Å². The maximum absolute atomic E-state index is 8.33. The molecule has 0 aromatic heterocycles. The van der Waals surface area contributed by atoms with Crippen LogP contribution in [-0.2, 0) is 0 Å². The second-order valence-electron chi connectivity index (χ2n) is 0.250. The minimum Gasteiger partial charge on any atom is -0.652 e. The van der Waals surface area contributed by atoms with Crippen LogP contribution in [0.3, 0.4) is 0 Å². The van der Waals surface area contributed by atoms with Gasteiger partial charge in [-0.1, -0.05) is 0 Å². The van der Waals surface area contributed by atoms with Crippen molar-refractivity contribution in [3.63, 3.8) is 0 Å². The monoisotopic (exact) mass is 91.0 g/mol. The Bertz CT molecular complexity index is 35.9. The molecule has 0 atom stereocenters. The fourth-order valence-corrected chi connectivity index (χ4v) is 0. The molecule has 0 spiro atoms. The van der Waals surface area contributed by atoms with E-state index in [1.54, 1.807) is 0 Å². The molecular weight excluding hydrogens is 87.9 g/mol. The second kappa shape index (κ2) is 16.1. The molecule has 0 bridgehead atoms. The van der Waals surface area contributed by atoms with Crippen LogP contribution in [0.25, 0.3) is 0 Å². The molecule has 4 nitrogen and oxygen atoms in total. The molecule has 0 aromatic carbocycles. The minimum atomic E-state index is -2.33. The molecule has 0 saturated carbocycles. The average Bonchev–Trinajstić information content (AvgIpc) is 0.811. The van der Waals surface area contributed by atoms with Gasteiger partial charge in [-0.15, -0.1) is 0 Å². The summed E-state index contributed by atoms with van der Waals surface area (Å²) in [5.74, 6) is 0. The van der Waals surface area contributed by atoms with Crippen LogP contribution < -0.4 is 54.1 Å². The zero-order chi connectivity index (χ0) is 3.58. The topological polar surface area (TPSA) is 98.2 Å². The van der Waals surface area contributed by atoms with Crippen molar-refractivity contribution < 1.29 is 52.7 Å². The third-order valence-corrected chi connectivity index (χ3v) is 0. The van der Waals surface area contributed by atoms with Crippen LogP contribution in [0.2, 0.25) is 0 Å². The van der Waals surface area contributed by atoms with Gasteiger partial charge < -0.3 is 21.2 Å². The summed E-state index contributed by atoms with van der Waals surface area (Å²) < 4.78 is 0. The summed E-state index contributed by atoms with van der Waals surface area (Å²) in [5.41, 5.74) is 0. The van der Waals surface area contributed by atoms with Crippen molar-refractivity contribution in [2.45, 2.75) is 0 Å². The first-order valence-corrected chi connectivity index (χ1v) is 0.612. The SMILES string of the molecule is N.O=C([O-])[O-].[Li+].[Li+]. The molecule has 0 heterocycles. The zero-order valence-corrected chi connectivity index (χ0v) is 4.43. The Balaban J connectivity index is -0.0000000150. The summed E-state index contributed by atoms with van der Waals surface area (Å²) in [6.07, 6.45) is -2.33. The molecule has 0 aliphatic heterocycles. The average molecular weight is 90.9 g/mol. The van der Waals surface area contributed by atoms with E-state index in [0.29, 0.717) is 0 Å². The Morgan fingerprint density at radius 1 is 1.14 bits per heavy atom. The van der Waals surface area contributed by atoms with E-state index < -0.39 is 6.16 Å². The van der Waals surface area contributed by atoms with Crippen LogP contribution in [0.4, 0.5) is 4.79 Å². The fraction of sp³-hybridized carbons (Fsp3) is 0.